The Hall–Kier alpha value is -0.360. The van der Waals surface area contributed by atoms with Gasteiger partial charge in [0.1, 0.15) is 6.10 Å². The molecule has 5 nitrogen and oxygen atoms in total. The topological polar surface area (TPSA) is 73.6 Å². The van der Waals surface area contributed by atoms with E-state index in [0.29, 0.717) is 19.7 Å². The first-order chi connectivity index (χ1) is 8.74. The Balaban J connectivity index is 0.00000324. The first-order valence-corrected chi connectivity index (χ1v) is 6.95. The van der Waals surface area contributed by atoms with E-state index in [-0.39, 0.29) is 24.4 Å². The second-order valence-electron chi connectivity index (χ2n) is 4.75. The highest BCUT2D eigenvalue weighted by Gasteiger charge is 2.18. The van der Waals surface area contributed by atoms with E-state index in [4.69, 9.17) is 15.2 Å². The van der Waals surface area contributed by atoms with Gasteiger partial charge in [0.15, 0.2) is 0 Å². The van der Waals surface area contributed by atoms with Gasteiger partial charge in [0.25, 0.3) is 0 Å². The molecular weight excluding hydrogens is 268 g/mol. The standard InChI is InChI=1S/C13H26N2O3.ClH/c1-11(13(16)15-8-4-3-7-14)18-10-12-6-2-5-9-17-12;/h11-12H,2-10,14H2,1H3,(H,15,16);1H. The van der Waals surface area contributed by atoms with Gasteiger partial charge in [-0.1, -0.05) is 0 Å². The fourth-order valence-corrected chi connectivity index (χ4v) is 1.89. The van der Waals surface area contributed by atoms with Crippen LogP contribution < -0.4 is 11.1 Å². The van der Waals surface area contributed by atoms with Crippen molar-refractivity contribution in [1.29, 1.82) is 0 Å². The van der Waals surface area contributed by atoms with Crippen LogP contribution in [0.15, 0.2) is 0 Å². The summed E-state index contributed by atoms with van der Waals surface area (Å²) in [5.41, 5.74) is 5.38. The van der Waals surface area contributed by atoms with Gasteiger partial charge in [-0.15, -0.1) is 12.4 Å². The third-order valence-electron chi connectivity index (χ3n) is 3.11. The highest BCUT2D eigenvalue weighted by atomic mass is 35.5. The summed E-state index contributed by atoms with van der Waals surface area (Å²) >= 11 is 0. The molecule has 1 amide bonds. The Bertz CT molecular complexity index is 236. The summed E-state index contributed by atoms with van der Waals surface area (Å²) in [4.78, 5) is 11.7. The molecule has 0 aromatic rings. The van der Waals surface area contributed by atoms with E-state index < -0.39 is 6.10 Å². The lowest BCUT2D eigenvalue weighted by Gasteiger charge is -2.23. The number of ether oxygens (including phenoxy) is 2. The van der Waals surface area contributed by atoms with E-state index in [1.165, 1.54) is 6.42 Å². The molecule has 0 saturated carbocycles. The van der Waals surface area contributed by atoms with Gasteiger partial charge in [-0.2, -0.15) is 0 Å². The molecule has 0 bridgehead atoms. The van der Waals surface area contributed by atoms with Crippen molar-refractivity contribution in [2.24, 2.45) is 5.73 Å². The average molecular weight is 295 g/mol. The summed E-state index contributed by atoms with van der Waals surface area (Å²) in [5.74, 6) is -0.0529. The molecule has 0 spiro atoms. The minimum absolute atomic E-state index is 0. The zero-order valence-electron chi connectivity index (χ0n) is 11.7. The quantitative estimate of drug-likeness (QED) is 0.661. The van der Waals surface area contributed by atoms with Crippen molar-refractivity contribution in [3.63, 3.8) is 0 Å². The summed E-state index contributed by atoms with van der Waals surface area (Å²) in [6.07, 6.45) is 4.96. The highest BCUT2D eigenvalue weighted by molar-refractivity contribution is 5.85. The first kappa shape index (κ1) is 18.6. The SMILES string of the molecule is CC(OCC1CCCCO1)C(=O)NCCCCN.Cl. The molecule has 0 aromatic carbocycles. The third kappa shape index (κ3) is 8.42. The van der Waals surface area contributed by atoms with Crippen LogP contribution in [-0.2, 0) is 14.3 Å². The van der Waals surface area contributed by atoms with Gasteiger partial charge in [-0.05, 0) is 45.6 Å². The zero-order chi connectivity index (χ0) is 13.2. The number of hydrogen-bond donors (Lipinski definition) is 2. The number of hydrogen-bond acceptors (Lipinski definition) is 4. The van der Waals surface area contributed by atoms with Gasteiger partial charge in [0.05, 0.1) is 12.7 Å². The molecule has 1 aliphatic heterocycles. The van der Waals surface area contributed by atoms with Crippen LogP contribution in [0.3, 0.4) is 0 Å². The van der Waals surface area contributed by atoms with Gasteiger partial charge < -0.3 is 20.5 Å². The second-order valence-corrected chi connectivity index (χ2v) is 4.75. The molecular formula is C13H27ClN2O3. The molecule has 0 aliphatic carbocycles. The van der Waals surface area contributed by atoms with Crippen molar-refractivity contribution in [2.75, 3.05) is 26.3 Å². The Morgan fingerprint density at radius 3 is 2.89 bits per heavy atom. The molecule has 1 fully saturated rings. The number of amides is 1. The van der Waals surface area contributed by atoms with Crippen LogP contribution in [-0.4, -0.2) is 44.4 Å². The fraction of sp³-hybridized carbons (Fsp3) is 0.923. The Labute approximate surface area is 122 Å². The number of rotatable bonds is 8. The molecule has 114 valence electrons. The number of nitrogens with two attached hydrogens (primary N) is 1. The van der Waals surface area contributed by atoms with E-state index in [9.17, 15) is 4.79 Å². The molecule has 3 N–H and O–H groups in total. The maximum atomic E-state index is 11.7. The number of carbonyl (C=O) groups is 1. The van der Waals surface area contributed by atoms with Crippen LogP contribution in [0.1, 0.15) is 39.0 Å². The molecule has 6 heteroatoms. The van der Waals surface area contributed by atoms with Crippen molar-refractivity contribution in [2.45, 2.75) is 51.2 Å². The van der Waals surface area contributed by atoms with E-state index in [0.717, 1.165) is 32.3 Å². The molecule has 1 rings (SSSR count). The van der Waals surface area contributed by atoms with Gasteiger partial charge in [0.2, 0.25) is 5.91 Å². The summed E-state index contributed by atoms with van der Waals surface area (Å²) in [5, 5.41) is 2.84. The monoisotopic (exact) mass is 294 g/mol. The summed E-state index contributed by atoms with van der Waals surface area (Å²) in [7, 11) is 0. The number of nitrogens with one attached hydrogen (secondary N) is 1. The molecule has 1 aliphatic rings. The van der Waals surface area contributed by atoms with E-state index in [2.05, 4.69) is 5.32 Å². The second kappa shape index (κ2) is 11.5. The normalized spacial score (nSPS) is 20.4. The van der Waals surface area contributed by atoms with Crippen molar-refractivity contribution < 1.29 is 14.3 Å². The first-order valence-electron chi connectivity index (χ1n) is 6.95. The van der Waals surface area contributed by atoms with Crippen LogP contribution in [0.2, 0.25) is 0 Å². The van der Waals surface area contributed by atoms with E-state index in [1.807, 2.05) is 0 Å². The van der Waals surface area contributed by atoms with Crippen LogP contribution in [0.5, 0.6) is 0 Å². The largest absolute Gasteiger partial charge is 0.376 e. The number of carbonyl (C=O) groups excluding carboxylic acids is 1. The molecule has 1 saturated heterocycles. The minimum atomic E-state index is -0.409. The van der Waals surface area contributed by atoms with Crippen molar-refractivity contribution in [1.82, 2.24) is 5.32 Å². The van der Waals surface area contributed by atoms with Gasteiger partial charge >= 0.3 is 0 Å². The molecule has 19 heavy (non-hydrogen) atoms. The van der Waals surface area contributed by atoms with Crippen molar-refractivity contribution in [3.05, 3.63) is 0 Å². The molecule has 2 unspecified atom stereocenters. The average Bonchev–Trinajstić information content (AvgIpc) is 2.42. The van der Waals surface area contributed by atoms with Crippen molar-refractivity contribution >= 4 is 18.3 Å². The third-order valence-corrected chi connectivity index (χ3v) is 3.11. The van der Waals surface area contributed by atoms with Crippen LogP contribution in [0.4, 0.5) is 0 Å². The van der Waals surface area contributed by atoms with Crippen LogP contribution in [0.25, 0.3) is 0 Å². The van der Waals surface area contributed by atoms with Crippen LogP contribution in [0, 0.1) is 0 Å². The van der Waals surface area contributed by atoms with E-state index >= 15 is 0 Å². The lowest BCUT2D eigenvalue weighted by atomic mass is 10.1. The lowest BCUT2D eigenvalue weighted by molar-refractivity contribution is -0.135. The minimum Gasteiger partial charge on any atom is -0.376 e. The molecule has 0 aromatic heterocycles. The van der Waals surface area contributed by atoms with E-state index in [1.54, 1.807) is 6.92 Å². The summed E-state index contributed by atoms with van der Waals surface area (Å²) in [6, 6.07) is 0. The molecule has 1 heterocycles. The fourth-order valence-electron chi connectivity index (χ4n) is 1.89. The number of unbranched alkanes of at least 4 members (excludes halogenated alkanes) is 1. The summed E-state index contributed by atoms with van der Waals surface area (Å²) in [6.45, 7) is 4.44. The zero-order valence-corrected chi connectivity index (χ0v) is 12.5. The van der Waals surface area contributed by atoms with Gasteiger partial charge in [-0.3, -0.25) is 4.79 Å². The Kier molecular flexibility index (Phi) is 11.2. The number of halogens is 1. The summed E-state index contributed by atoms with van der Waals surface area (Å²) < 4.78 is 11.1. The molecule has 2 atom stereocenters. The highest BCUT2D eigenvalue weighted by Crippen LogP contribution is 2.13. The predicted octanol–water partition coefficient (Wildman–Crippen LogP) is 1.24. The maximum absolute atomic E-state index is 11.7. The predicted molar refractivity (Wildman–Crippen MR) is 77.6 cm³/mol. The Morgan fingerprint density at radius 1 is 1.47 bits per heavy atom. The molecule has 0 radical (unpaired) electrons. The smallest absolute Gasteiger partial charge is 0.248 e. The Morgan fingerprint density at radius 2 is 2.26 bits per heavy atom. The van der Waals surface area contributed by atoms with Crippen molar-refractivity contribution in [3.8, 4) is 0 Å². The van der Waals surface area contributed by atoms with Crippen LogP contribution >= 0.6 is 12.4 Å². The van der Waals surface area contributed by atoms with Gasteiger partial charge in [-0.25, -0.2) is 0 Å². The lowest BCUT2D eigenvalue weighted by Crippen LogP contribution is -2.37. The van der Waals surface area contributed by atoms with Gasteiger partial charge in [0, 0.05) is 13.2 Å². The maximum Gasteiger partial charge on any atom is 0.248 e.